The molecule has 1 N–H and O–H groups in total. The van der Waals surface area contributed by atoms with E-state index in [0.717, 1.165) is 22.2 Å². The molecule has 0 aliphatic heterocycles. The van der Waals surface area contributed by atoms with Crippen LogP contribution in [0.3, 0.4) is 0 Å². The molecule has 124 valence electrons. The van der Waals surface area contributed by atoms with Gasteiger partial charge in [0.2, 0.25) is 0 Å². The molecular formula is C17H14BrF2N3O. The summed E-state index contributed by atoms with van der Waals surface area (Å²) in [6, 6.07) is 5.32. The monoisotopic (exact) mass is 393 g/mol. The lowest BCUT2D eigenvalue weighted by molar-refractivity contribution is 0.101. The first kappa shape index (κ1) is 16.6. The van der Waals surface area contributed by atoms with Crippen molar-refractivity contribution in [1.29, 1.82) is 0 Å². The van der Waals surface area contributed by atoms with Gasteiger partial charge in [0.05, 0.1) is 5.69 Å². The van der Waals surface area contributed by atoms with E-state index in [-0.39, 0.29) is 5.69 Å². The highest BCUT2D eigenvalue weighted by atomic mass is 79.9. The van der Waals surface area contributed by atoms with E-state index in [9.17, 15) is 13.6 Å². The molecule has 0 aliphatic rings. The Balaban J connectivity index is 2.13. The third kappa shape index (κ3) is 2.80. The van der Waals surface area contributed by atoms with Crippen LogP contribution in [0.4, 0.5) is 14.5 Å². The standard InChI is InChI=1S/C17H14BrF2N3O/c1-3-13-15(23-8-10(18)7-9(2)16(23)21-13)17(24)22-14-11(19)5-4-6-12(14)20/h4-8H,3H2,1-2H3,(H,22,24). The largest absolute Gasteiger partial charge is 0.316 e. The lowest BCUT2D eigenvalue weighted by Crippen LogP contribution is -2.18. The van der Waals surface area contributed by atoms with Crippen LogP contribution in [-0.2, 0) is 6.42 Å². The van der Waals surface area contributed by atoms with Crippen molar-refractivity contribution in [2.75, 3.05) is 5.32 Å². The molecule has 0 saturated heterocycles. The van der Waals surface area contributed by atoms with Gasteiger partial charge in [-0.1, -0.05) is 13.0 Å². The van der Waals surface area contributed by atoms with Gasteiger partial charge < -0.3 is 5.32 Å². The number of carbonyl (C=O) groups excluding carboxylic acids is 1. The second-order valence-corrected chi connectivity index (χ2v) is 6.26. The molecule has 2 heterocycles. The average Bonchev–Trinajstić information content (AvgIpc) is 2.89. The Morgan fingerprint density at radius 2 is 2.00 bits per heavy atom. The maximum absolute atomic E-state index is 13.8. The number of carbonyl (C=O) groups is 1. The number of rotatable bonds is 3. The predicted molar refractivity (Wildman–Crippen MR) is 91.3 cm³/mol. The number of para-hydroxylation sites is 1. The average molecular weight is 394 g/mol. The van der Waals surface area contributed by atoms with Crippen LogP contribution >= 0.6 is 15.9 Å². The first-order valence-corrected chi connectivity index (χ1v) is 8.14. The maximum atomic E-state index is 13.8. The second-order valence-electron chi connectivity index (χ2n) is 5.35. The summed E-state index contributed by atoms with van der Waals surface area (Å²) < 4.78 is 30.0. The SMILES string of the molecule is CCc1nc2c(C)cc(Br)cn2c1C(=O)Nc1c(F)cccc1F. The zero-order valence-electron chi connectivity index (χ0n) is 13.0. The van der Waals surface area contributed by atoms with Gasteiger partial charge in [-0.25, -0.2) is 13.8 Å². The van der Waals surface area contributed by atoms with Crippen LogP contribution in [0.25, 0.3) is 5.65 Å². The number of amides is 1. The number of fused-ring (bicyclic) bond motifs is 1. The number of aromatic nitrogens is 2. The van der Waals surface area contributed by atoms with Gasteiger partial charge in [-0.15, -0.1) is 0 Å². The number of halogens is 3. The van der Waals surface area contributed by atoms with E-state index in [1.165, 1.54) is 6.07 Å². The number of anilines is 1. The molecule has 2 aromatic heterocycles. The molecular weight excluding hydrogens is 380 g/mol. The van der Waals surface area contributed by atoms with E-state index in [1.54, 1.807) is 10.6 Å². The Bertz CT molecular complexity index is 932. The van der Waals surface area contributed by atoms with Crippen LogP contribution in [-0.4, -0.2) is 15.3 Å². The van der Waals surface area contributed by atoms with E-state index in [4.69, 9.17) is 0 Å². The van der Waals surface area contributed by atoms with Crippen molar-refractivity contribution >= 4 is 33.2 Å². The molecule has 0 saturated carbocycles. The van der Waals surface area contributed by atoms with Gasteiger partial charge >= 0.3 is 0 Å². The molecule has 0 radical (unpaired) electrons. The molecule has 0 unspecified atom stereocenters. The minimum Gasteiger partial charge on any atom is -0.316 e. The van der Waals surface area contributed by atoms with Crippen LogP contribution in [0.5, 0.6) is 0 Å². The molecule has 1 aromatic carbocycles. The minimum atomic E-state index is -0.826. The number of nitrogens with zero attached hydrogens (tertiary/aromatic N) is 2. The molecule has 7 heteroatoms. The third-order valence-electron chi connectivity index (χ3n) is 3.69. The number of benzene rings is 1. The Hall–Kier alpha value is -2.28. The molecule has 0 fully saturated rings. The molecule has 0 aliphatic carbocycles. The van der Waals surface area contributed by atoms with Gasteiger partial charge in [-0.3, -0.25) is 9.20 Å². The molecule has 0 atom stereocenters. The molecule has 3 aromatic rings. The van der Waals surface area contributed by atoms with Gasteiger partial charge in [-0.05, 0) is 53.0 Å². The minimum absolute atomic E-state index is 0.263. The summed E-state index contributed by atoms with van der Waals surface area (Å²) in [5, 5.41) is 2.32. The molecule has 1 amide bonds. The molecule has 0 bridgehead atoms. The zero-order valence-corrected chi connectivity index (χ0v) is 14.6. The Morgan fingerprint density at radius 3 is 2.62 bits per heavy atom. The van der Waals surface area contributed by atoms with Crippen molar-refractivity contribution in [2.45, 2.75) is 20.3 Å². The molecule has 0 spiro atoms. The number of nitrogens with one attached hydrogen (secondary N) is 1. The van der Waals surface area contributed by atoms with Gasteiger partial charge in [0, 0.05) is 10.7 Å². The van der Waals surface area contributed by atoms with Gasteiger partial charge in [-0.2, -0.15) is 0 Å². The quantitative estimate of drug-likeness (QED) is 0.711. The number of aryl methyl sites for hydroxylation is 2. The summed E-state index contributed by atoms with van der Waals surface area (Å²) in [5.74, 6) is -2.26. The van der Waals surface area contributed by atoms with Crippen molar-refractivity contribution in [3.05, 3.63) is 63.5 Å². The van der Waals surface area contributed by atoms with Crippen LogP contribution < -0.4 is 5.32 Å². The highest BCUT2D eigenvalue weighted by Crippen LogP contribution is 2.24. The lowest BCUT2D eigenvalue weighted by atomic mass is 10.2. The van der Waals surface area contributed by atoms with Crippen molar-refractivity contribution < 1.29 is 13.6 Å². The number of pyridine rings is 1. The van der Waals surface area contributed by atoms with Gasteiger partial charge in [0.15, 0.2) is 0 Å². The smallest absolute Gasteiger partial charge is 0.274 e. The highest BCUT2D eigenvalue weighted by Gasteiger charge is 2.21. The van der Waals surface area contributed by atoms with E-state index in [0.29, 0.717) is 17.8 Å². The predicted octanol–water partition coefficient (Wildman–Crippen LogP) is 4.50. The van der Waals surface area contributed by atoms with Crippen LogP contribution in [0.15, 0.2) is 34.9 Å². The summed E-state index contributed by atoms with van der Waals surface area (Å²) in [5.41, 5.74) is 1.88. The fourth-order valence-corrected chi connectivity index (χ4v) is 3.14. The van der Waals surface area contributed by atoms with Crippen molar-refractivity contribution in [3.8, 4) is 0 Å². The fourth-order valence-electron chi connectivity index (χ4n) is 2.59. The summed E-state index contributed by atoms with van der Waals surface area (Å²) in [4.78, 5) is 17.1. The molecule has 4 nitrogen and oxygen atoms in total. The summed E-state index contributed by atoms with van der Waals surface area (Å²) in [6.07, 6.45) is 2.22. The summed E-state index contributed by atoms with van der Waals surface area (Å²) in [7, 11) is 0. The number of imidazole rings is 1. The van der Waals surface area contributed by atoms with E-state index in [1.807, 2.05) is 19.9 Å². The normalized spacial score (nSPS) is 11.0. The van der Waals surface area contributed by atoms with Gasteiger partial charge in [0.1, 0.15) is 28.7 Å². The lowest BCUT2D eigenvalue weighted by Gasteiger charge is -2.09. The Labute approximate surface area is 145 Å². The molecule has 3 rings (SSSR count). The number of hydrogen-bond donors (Lipinski definition) is 1. The van der Waals surface area contributed by atoms with Crippen LogP contribution in [0.2, 0.25) is 0 Å². The van der Waals surface area contributed by atoms with E-state index in [2.05, 4.69) is 26.2 Å². The molecule has 24 heavy (non-hydrogen) atoms. The first-order valence-electron chi connectivity index (χ1n) is 7.34. The highest BCUT2D eigenvalue weighted by molar-refractivity contribution is 9.10. The zero-order chi connectivity index (χ0) is 17.4. The van der Waals surface area contributed by atoms with Crippen molar-refractivity contribution in [3.63, 3.8) is 0 Å². The summed E-state index contributed by atoms with van der Waals surface area (Å²) in [6.45, 7) is 3.75. The third-order valence-corrected chi connectivity index (χ3v) is 4.13. The van der Waals surface area contributed by atoms with Crippen LogP contribution in [0, 0.1) is 18.6 Å². The topological polar surface area (TPSA) is 46.4 Å². The Kier molecular flexibility index (Phi) is 4.36. The van der Waals surface area contributed by atoms with Crippen molar-refractivity contribution in [2.24, 2.45) is 0 Å². The fraction of sp³-hybridized carbons (Fsp3) is 0.176. The van der Waals surface area contributed by atoms with Crippen molar-refractivity contribution in [1.82, 2.24) is 9.38 Å². The second kappa shape index (κ2) is 6.32. The first-order chi connectivity index (χ1) is 11.4. The van der Waals surface area contributed by atoms with Crippen LogP contribution in [0.1, 0.15) is 28.7 Å². The Morgan fingerprint density at radius 1 is 1.33 bits per heavy atom. The van der Waals surface area contributed by atoms with E-state index >= 15 is 0 Å². The number of hydrogen-bond acceptors (Lipinski definition) is 2. The van der Waals surface area contributed by atoms with Gasteiger partial charge in [0.25, 0.3) is 5.91 Å². The van der Waals surface area contributed by atoms with E-state index < -0.39 is 23.2 Å². The maximum Gasteiger partial charge on any atom is 0.274 e. The summed E-state index contributed by atoms with van der Waals surface area (Å²) >= 11 is 3.39.